The van der Waals surface area contributed by atoms with Gasteiger partial charge >= 0.3 is 12.1 Å². The molecular weight excluding hydrogens is 404 g/mol. The molecule has 6 nitrogen and oxygen atoms in total. The molecule has 0 saturated heterocycles. The third kappa shape index (κ3) is 7.01. The molecule has 1 heterocycles. The Balaban J connectivity index is 1.67. The highest BCUT2D eigenvalue weighted by Crippen LogP contribution is 2.21. The molecule has 168 valence electrons. The van der Waals surface area contributed by atoms with Gasteiger partial charge in [0, 0.05) is 35.6 Å². The van der Waals surface area contributed by atoms with Crippen LogP contribution >= 0.6 is 0 Å². The van der Waals surface area contributed by atoms with E-state index in [-0.39, 0.29) is 12.6 Å². The van der Waals surface area contributed by atoms with E-state index >= 15 is 0 Å². The molecule has 0 aliphatic carbocycles. The fourth-order valence-electron chi connectivity index (χ4n) is 3.26. The molecule has 0 atom stereocenters. The highest BCUT2D eigenvalue weighted by molar-refractivity contribution is 5.91. The molecule has 2 N–H and O–H groups in total. The van der Waals surface area contributed by atoms with E-state index < -0.39 is 11.7 Å². The Morgan fingerprint density at radius 3 is 2.50 bits per heavy atom. The third-order valence-corrected chi connectivity index (χ3v) is 4.73. The summed E-state index contributed by atoms with van der Waals surface area (Å²) in [5, 5.41) is 3.79. The van der Waals surface area contributed by atoms with E-state index in [1.54, 1.807) is 0 Å². The maximum Gasteiger partial charge on any atom is 0.407 e. The highest BCUT2D eigenvalue weighted by Gasteiger charge is 2.17. The number of amides is 1. The maximum absolute atomic E-state index is 12.9. The van der Waals surface area contributed by atoms with Gasteiger partial charge in [-0.1, -0.05) is 54.6 Å². The van der Waals surface area contributed by atoms with Gasteiger partial charge in [0.15, 0.2) is 0 Å². The standard InChI is InChI=1S/C26H30N2O4/c1-26(2,3)32-25(30)27-15-9-12-20(24(29)31-18-19-10-5-4-6-11-19)16-21-17-28-23-14-8-7-13-22(21)23/h4-8,10-14,17,28H,9,15-16,18H2,1-3H3,(H,27,30). The molecule has 0 aliphatic rings. The molecule has 0 saturated carbocycles. The number of fused-ring (bicyclic) bond motifs is 1. The summed E-state index contributed by atoms with van der Waals surface area (Å²) in [5.41, 5.74) is 2.96. The summed E-state index contributed by atoms with van der Waals surface area (Å²) in [7, 11) is 0. The fourth-order valence-corrected chi connectivity index (χ4v) is 3.26. The summed E-state index contributed by atoms with van der Waals surface area (Å²) in [4.78, 5) is 28.0. The van der Waals surface area contributed by atoms with Gasteiger partial charge < -0.3 is 19.8 Å². The molecule has 2 aromatic carbocycles. The van der Waals surface area contributed by atoms with Crippen LogP contribution in [0.2, 0.25) is 0 Å². The van der Waals surface area contributed by atoms with Crippen LogP contribution in [0.25, 0.3) is 10.9 Å². The van der Waals surface area contributed by atoms with Crippen molar-refractivity contribution < 1.29 is 19.1 Å². The van der Waals surface area contributed by atoms with Crippen LogP contribution in [0, 0.1) is 0 Å². The Bertz CT molecular complexity index is 1080. The Hall–Kier alpha value is -3.54. The van der Waals surface area contributed by atoms with Crippen molar-refractivity contribution >= 4 is 23.0 Å². The number of H-pyrrole nitrogens is 1. The van der Waals surface area contributed by atoms with Crippen LogP contribution in [0.1, 0.15) is 38.3 Å². The SMILES string of the molecule is CC(C)(C)OC(=O)NCCC=C(Cc1c[nH]c2ccccc12)C(=O)OCc1ccccc1. The van der Waals surface area contributed by atoms with Crippen LogP contribution in [-0.4, -0.2) is 29.2 Å². The number of hydrogen-bond acceptors (Lipinski definition) is 4. The number of hydrogen-bond donors (Lipinski definition) is 2. The van der Waals surface area contributed by atoms with Crippen LogP contribution < -0.4 is 5.32 Å². The number of esters is 1. The van der Waals surface area contributed by atoms with Crippen LogP contribution in [-0.2, 0) is 27.3 Å². The smallest absolute Gasteiger partial charge is 0.407 e. The molecule has 0 bridgehead atoms. The van der Waals surface area contributed by atoms with E-state index in [4.69, 9.17) is 9.47 Å². The number of carbonyl (C=O) groups is 2. The average Bonchev–Trinajstić information content (AvgIpc) is 3.16. The van der Waals surface area contributed by atoms with Crippen molar-refractivity contribution in [2.45, 2.75) is 45.8 Å². The Kier molecular flexibility index (Phi) is 7.71. The van der Waals surface area contributed by atoms with E-state index in [1.165, 1.54) is 0 Å². The topological polar surface area (TPSA) is 80.4 Å². The predicted octanol–water partition coefficient (Wildman–Crippen LogP) is 5.30. The summed E-state index contributed by atoms with van der Waals surface area (Å²) >= 11 is 0. The number of benzene rings is 2. The van der Waals surface area contributed by atoms with Crippen molar-refractivity contribution in [2.24, 2.45) is 0 Å². The molecule has 1 amide bonds. The van der Waals surface area contributed by atoms with Gasteiger partial charge in [0.05, 0.1) is 0 Å². The molecule has 0 radical (unpaired) electrons. The zero-order valence-corrected chi connectivity index (χ0v) is 18.8. The zero-order valence-electron chi connectivity index (χ0n) is 18.8. The lowest BCUT2D eigenvalue weighted by Crippen LogP contribution is -2.32. The first-order valence-electron chi connectivity index (χ1n) is 10.7. The molecule has 0 fully saturated rings. The van der Waals surface area contributed by atoms with Gasteiger partial charge in [0.2, 0.25) is 0 Å². The van der Waals surface area contributed by atoms with E-state index in [9.17, 15) is 9.59 Å². The van der Waals surface area contributed by atoms with Crippen molar-refractivity contribution in [3.8, 4) is 0 Å². The van der Waals surface area contributed by atoms with Gasteiger partial charge in [0.1, 0.15) is 12.2 Å². The molecule has 32 heavy (non-hydrogen) atoms. The minimum absolute atomic E-state index is 0.209. The van der Waals surface area contributed by atoms with Gasteiger partial charge in [-0.15, -0.1) is 0 Å². The Morgan fingerprint density at radius 2 is 1.75 bits per heavy atom. The summed E-state index contributed by atoms with van der Waals surface area (Å²) in [6.45, 7) is 6.01. The Labute approximate surface area is 188 Å². The van der Waals surface area contributed by atoms with E-state index in [1.807, 2.05) is 87.6 Å². The minimum atomic E-state index is -0.554. The molecule has 3 aromatic rings. The second-order valence-corrected chi connectivity index (χ2v) is 8.54. The molecule has 1 aromatic heterocycles. The first kappa shape index (κ1) is 23.1. The lowest BCUT2D eigenvalue weighted by Gasteiger charge is -2.19. The number of ether oxygens (including phenoxy) is 2. The summed E-state index contributed by atoms with van der Waals surface area (Å²) < 4.78 is 10.8. The predicted molar refractivity (Wildman–Crippen MR) is 125 cm³/mol. The van der Waals surface area contributed by atoms with Crippen LogP contribution in [0.5, 0.6) is 0 Å². The largest absolute Gasteiger partial charge is 0.457 e. The van der Waals surface area contributed by atoms with Gasteiger partial charge in [-0.05, 0) is 44.4 Å². The van der Waals surface area contributed by atoms with E-state index in [0.29, 0.717) is 25.0 Å². The average molecular weight is 435 g/mol. The number of rotatable bonds is 8. The first-order chi connectivity index (χ1) is 15.3. The molecular formula is C26H30N2O4. The van der Waals surface area contributed by atoms with Crippen molar-refractivity contribution in [2.75, 3.05) is 6.54 Å². The number of aromatic nitrogens is 1. The monoisotopic (exact) mass is 434 g/mol. The number of carbonyl (C=O) groups excluding carboxylic acids is 2. The lowest BCUT2D eigenvalue weighted by molar-refractivity contribution is -0.140. The van der Waals surface area contributed by atoms with Crippen LogP contribution in [0.3, 0.4) is 0 Å². The first-order valence-corrected chi connectivity index (χ1v) is 10.7. The summed E-state index contributed by atoms with van der Waals surface area (Å²) in [6.07, 6.45) is 4.19. The third-order valence-electron chi connectivity index (χ3n) is 4.73. The van der Waals surface area contributed by atoms with E-state index in [2.05, 4.69) is 10.3 Å². The molecule has 0 unspecified atom stereocenters. The van der Waals surface area contributed by atoms with Gasteiger partial charge in [-0.3, -0.25) is 0 Å². The van der Waals surface area contributed by atoms with Crippen molar-refractivity contribution in [1.82, 2.24) is 10.3 Å². The minimum Gasteiger partial charge on any atom is -0.457 e. The van der Waals surface area contributed by atoms with E-state index in [0.717, 1.165) is 22.0 Å². The maximum atomic E-state index is 12.9. The van der Waals surface area contributed by atoms with Gasteiger partial charge in [0.25, 0.3) is 0 Å². The highest BCUT2D eigenvalue weighted by atomic mass is 16.6. The molecule has 0 spiro atoms. The molecule has 0 aliphatic heterocycles. The summed E-state index contributed by atoms with van der Waals surface area (Å²) in [6, 6.07) is 17.5. The quantitative estimate of drug-likeness (QED) is 0.287. The number of alkyl carbamates (subject to hydrolysis) is 1. The zero-order chi connectivity index (χ0) is 23.0. The Morgan fingerprint density at radius 1 is 1.03 bits per heavy atom. The second-order valence-electron chi connectivity index (χ2n) is 8.54. The van der Waals surface area contributed by atoms with Gasteiger partial charge in [-0.25, -0.2) is 9.59 Å². The van der Waals surface area contributed by atoms with Gasteiger partial charge in [-0.2, -0.15) is 0 Å². The van der Waals surface area contributed by atoms with Crippen LogP contribution in [0.4, 0.5) is 4.79 Å². The number of para-hydroxylation sites is 1. The van der Waals surface area contributed by atoms with Crippen molar-refractivity contribution in [3.63, 3.8) is 0 Å². The molecule has 6 heteroatoms. The second kappa shape index (κ2) is 10.7. The number of aromatic amines is 1. The lowest BCUT2D eigenvalue weighted by atomic mass is 10.0. The molecule has 3 rings (SSSR count). The number of nitrogens with one attached hydrogen (secondary N) is 2. The normalized spacial score (nSPS) is 11.9. The summed E-state index contributed by atoms with van der Waals surface area (Å²) in [5.74, 6) is -0.364. The van der Waals surface area contributed by atoms with Crippen LogP contribution in [0.15, 0.2) is 72.4 Å². The van der Waals surface area contributed by atoms with Crippen molar-refractivity contribution in [3.05, 3.63) is 83.6 Å². The fraction of sp³-hybridized carbons (Fsp3) is 0.308. The van der Waals surface area contributed by atoms with Crippen molar-refractivity contribution in [1.29, 1.82) is 0 Å².